The molecule has 0 saturated carbocycles. The topological polar surface area (TPSA) is 77.2 Å². The highest BCUT2D eigenvalue weighted by molar-refractivity contribution is 6.30. The molecule has 0 fully saturated rings. The van der Waals surface area contributed by atoms with Crippen LogP contribution in [0.25, 0.3) is 11.5 Å². The summed E-state index contributed by atoms with van der Waals surface area (Å²) < 4.78 is 11.2. The summed E-state index contributed by atoms with van der Waals surface area (Å²) in [5, 5.41) is 11.0. The lowest BCUT2D eigenvalue weighted by Gasteiger charge is -2.07. The fraction of sp³-hybridized carbons (Fsp3) is 0.250. The van der Waals surface area contributed by atoms with Gasteiger partial charge in [-0.15, -0.1) is 5.10 Å². The number of rotatable bonds is 8. The van der Waals surface area contributed by atoms with Gasteiger partial charge in [-0.05, 0) is 42.8 Å². The van der Waals surface area contributed by atoms with Gasteiger partial charge >= 0.3 is 6.01 Å². The van der Waals surface area contributed by atoms with Crippen LogP contribution in [0.2, 0.25) is 5.02 Å². The molecule has 2 aromatic carbocycles. The standard InChI is InChI=1S/C20H20ClN3O3/c1-2-3-4-11-26-17-10-6-7-14(13-17)18(25)22-20-24-23-19(27-20)15-8-5-9-16(21)12-15/h5-10,12-13H,2-4,11H2,1H3,(H,22,24,25). The van der Waals surface area contributed by atoms with Crippen LogP contribution in [-0.2, 0) is 0 Å². The van der Waals surface area contributed by atoms with E-state index in [-0.39, 0.29) is 17.8 Å². The number of hydrogen-bond donors (Lipinski definition) is 1. The molecule has 0 unspecified atom stereocenters. The number of aromatic nitrogens is 2. The lowest BCUT2D eigenvalue weighted by molar-refractivity contribution is 0.102. The molecule has 6 nitrogen and oxygen atoms in total. The molecule has 0 aliphatic rings. The molecule has 1 N–H and O–H groups in total. The predicted molar refractivity (Wildman–Crippen MR) is 104 cm³/mol. The van der Waals surface area contributed by atoms with Gasteiger partial charge in [-0.3, -0.25) is 10.1 Å². The minimum absolute atomic E-state index is 0.0178. The molecule has 0 radical (unpaired) electrons. The zero-order valence-corrected chi connectivity index (χ0v) is 15.7. The summed E-state index contributed by atoms with van der Waals surface area (Å²) >= 11 is 5.96. The van der Waals surface area contributed by atoms with Crippen LogP contribution in [-0.4, -0.2) is 22.7 Å². The number of carbonyl (C=O) groups is 1. The minimum atomic E-state index is -0.352. The summed E-state index contributed by atoms with van der Waals surface area (Å²) in [5.41, 5.74) is 1.13. The molecule has 0 aliphatic carbocycles. The maximum Gasteiger partial charge on any atom is 0.322 e. The maximum absolute atomic E-state index is 12.4. The van der Waals surface area contributed by atoms with Crippen molar-refractivity contribution in [2.24, 2.45) is 0 Å². The van der Waals surface area contributed by atoms with Gasteiger partial charge in [0, 0.05) is 16.1 Å². The summed E-state index contributed by atoms with van der Waals surface area (Å²) in [6.07, 6.45) is 3.24. The lowest BCUT2D eigenvalue weighted by Crippen LogP contribution is -2.12. The Kier molecular flexibility index (Phi) is 6.44. The first-order valence-corrected chi connectivity index (χ1v) is 9.17. The molecular formula is C20H20ClN3O3. The first-order valence-electron chi connectivity index (χ1n) is 8.79. The SMILES string of the molecule is CCCCCOc1cccc(C(=O)Nc2nnc(-c3cccc(Cl)c3)o2)c1. The summed E-state index contributed by atoms with van der Waals surface area (Å²) in [5.74, 6) is 0.583. The van der Waals surface area contributed by atoms with Crippen LogP contribution in [0.1, 0.15) is 36.5 Å². The molecule has 1 aromatic heterocycles. The van der Waals surface area contributed by atoms with Crippen LogP contribution >= 0.6 is 11.6 Å². The number of carbonyl (C=O) groups excluding carboxylic acids is 1. The van der Waals surface area contributed by atoms with E-state index in [2.05, 4.69) is 22.4 Å². The fourth-order valence-corrected chi connectivity index (χ4v) is 2.64. The van der Waals surface area contributed by atoms with E-state index in [0.717, 1.165) is 19.3 Å². The van der Waals surface area contributed by atoms with Crippen molar-refractivity contribution in [2.75, 3.05) is 11.9 Å². The van der Waals surface area contributed by atoms with Gasteiger partial charge in [-0.2, -0.15) is 0 Å². The summed E-state index contributed by atoms with van der Waals surface area (Å²) in [7, 11) is 0. The van der Waals surface area contributed by atoms with E-state index >= 15 is 0 Å². The number of anilines is 1. The Morgan fingerprint density at radius 1 is 1.15 bits per heavy atom. The van der Waals surface area contributed by atoms with Crippen LogP contribution < -0.4 is 10.1 Å². The number of amides is 1. The van der Waals surface area contributed by atoms with Gasteiger partial charge in [0.25, 0.3) is 5.91 Å². The van der Waals surface area contributed by atoms with Crippen molar-refractivity contribution in [3.8, 4) is 17.2 Å². The zero-order valence-electron chi connectivity index (χ0n) is 14.9. The largest absolute Gasteiger partial charge is 0.494 e. The third kappa shape index (κ3) is 5.31. The molecule has 3 aromatic rings. The van der Waals surface area contributed by atoms with Crippen molar-refractivity contribution in [3.05, 3.63) is 59.1 Å². The van der Waals surface area contributed by atoms with Crippen LogP contribution in [0.15, 0.2) is 52.9 Å². The Morgan fingerprint density at radius 3 is 2.81 bits per heavy atom. The number of nitrogens with one attached hydrogen (secondary N) is 1. The molecule has 0 bridgehead atoms. The number of nitrogens with zero attached hydrogens (tertiary/aromatic N) is 2. The van der Waals surface area contributed by atoms with Gasteiger partial charge in [0.05, 0.1) is 6.61 Å². The lowest BCUT2D eigenvalue weighted by atomic mass is 10.2. The third-order valence-corrected chi connectivity index (χ3v) is 4.06. The second-order valence-electron chi connectivity index (χ2n) is 5.96. The summed E-state index contributed by atoms with van der Waals surface area (Å²) in [6, 6.07) is 14.0. The van der Waals surface area contributed by atoms with E-state index in [1.165, 1.54) is 0 Å². The Balaban J connectivity index is 1.64. The van der Waals surface area contributed by atoms with Crippen molar-refractivity contribution in [3.63, 3.8) is 0 Å². The molecule has 140 valence electrons. The van der Waals surface area contributed by atoms with Gasteiger partial charge in [0.2, 0.25) is 5.89 Å². The van der Waals surface area contributed by atoms with E-state index < -0.39 is 0 Å². The van der Waals surface area contributed by atoms with Gasteiger partial charge < -0.3 is 9.15 Å². The predicted octanol–water partition coefficient (Wildman–Crippen LogP) is 5.21. The van der Waals surface area contributed by atoms with Crippen molar-refractivity contribution in [1.29, 1.82) is 0 Å². The molecule has 1 heterocycles. The number of benzene rings is 2. The van der Waals surface area contributed by atoms with E-state index in [4.69, 9.17) is 20.8 Å². The molecule has 1 amide bonds. The quantitative estimate of drug-likeness (QED) is 0.538. The molecule has 0 atom stereocenters. The Hall–Kier alpha value is -2.86. The summed E-state index contributed by atoms with van der Waals surface area (Å²) in [6.45, 7) is 2.77. The van der Waals surface area contributed by atoms with E-state index in [9.17, 15) is 4.79 Å². The highest BCUT2D eigenvalue weighted by atomic mass is 35.5. The molecule has 0 saturated heterocycles. The molecule has 3 rings (SSSR count). The first-order chi connectivity index (χ1) is 13.2. The smallest absolute Gasteiger partial charge is 0.322 e. The maximum atomic E-state index is 12.4. The number of unbranched alkanes of at least 4 members (excludes halogenated alkanes) is 2. The van der Waals surface area contributed by atoms with Crippen molar-refractivity contribution in [2.45, 2.75) is 26.2 Å². The van der Waals surface area contributed by atoms with Crippen LogP contribution in [0, 0.1) is 0 Å². The van der Waals surface area contributed by atoms with Crippen LogP contribution in [0.4, 0.5) is 6.01 Å². The second-order valence-corrected chi connectivity index (χ2v) is 6.40. The molecule has 0 aliphatic heterocycles. The van der Waals surface area contributed by atoms with Gasteiger partial charge in [-0.25, -0.2) is 0 Å². The van der Waals surface area contributed by atoms with Gasteiger partial charge in [0.15, 0.2) is 0 Å². The van der Waals surface area contributed by atoms with E-state index in [1.807, 2.05) is 6.07 Å². The minimum Gasteiger partial charge on any atom is -0.494 e. The third-order valence-electron chi connectivity index (χ3n) is 3.83. The molecule has 0 spiro atoms. The van der Waals surface area contributed by atoms with Gasteiger partial charge in [0.1, 0.15) is 5.75 Å². The number of ether oxygens (including phenoxy) is 1. The van der Waals surface area contributed by atoms with Crippen molar-refractivity contribution >= 4 is 23.5 Å². The van der Waals surface area contributed by atoms with Crippen molar-refractivity contribution in [1.82, 2.24) is 10.2 Å². The molecule has 7 heteroatoms. The van der Waals surface area contributed by atoms with Crippen LogP contribution in [0.5, 0.6) is 5.75 Å². The monoisotopic (exact) mass is 385 g/mol. The zero-order chi connectivity index (χ0) is 19.1. The van der Waals surface area contributed by atoms with Crippen molar-refractivity contribution < 1.29 is 13.9 Å². The van der Waals surface area contributed by atoms with E-state index in [0.29, 0.717) is 28.5 Å². The fourth-order valence-electron chi connectivity index (χ4n) is 2.45. The molecular weight excluding hydrogens is 366 g/mol. The average molecular weight is 386 g/mol. The van der Waals surface area contributed by atoms with Crippen LogP contribution in [0.3, 0.4) is 0 Å². The Morgan fingerprint density at radius 2 is 2.00 bits per heavy atom. The highest BCUT2D eigenvalue weighted by Crippen LogP contribution is 2.23. The van der Waals surface area contributed by atoms with Gasteiger partial charge in [-0.1, -0.05) is 48.6 Å². The normalized spacial score (nSPS) is 10.6. The highest BCUT2D eigenvalue weighted by Gasteiger charge is 2.13. The molecule has 27 heavy (non-hydrogen) atoms. The first kappa shape index (κ1) is 18.9. The number of hydrogen-bond acceptors (Lipinski definition) is 5. The summed E-state index contributed by atoms with van der Waals surface area (Å²) in [4.78, 5) is 12.4. The Bertz CT molecular complexity index is 911. The number of halogens is 1. The average Bonchev–Trinajstić information content (AvgIpc) is 3.14. The second kappa shape index (κ2) is 9.19. The van der Waals surface area contributed by atoms with E-state index in [1.54, 1.807) is 42.5 Å². The Labute approximate surface area is 162 Å².